The van der Waals surface area contributed by atoms with Crippen molar-refractivity contribution in [2.75, 3.05) is 52.9 Å². The second-order valence-corrected chi connectivity index (χ2v) is 19.8. The van der Waals surface area contributed by atoms with Gasteiger partial charge in [-0.25, -0.2) is 4.39 Å². The molecule has 1 aliphatic carbocycles. The van der Waals surface area contributed by atoms with Gasteiger partial charge in [0.05, 0.1) is 42.0 Å². The SMILES string of the molecule is CN[C@@H](C)C(=O)N[C@H](C(=O)N1CCN(C(=O)c2cc3cc(F)ccc3n2CC(=O)N2C[C@@H](Oc3cc(CN4CCC(Oc5ccnc6ccsc56)CC4)on3)C[C@H]2CO)[C@@H](C)C1)C1CCCCC1. The number of hydrogen-bond donors (Lipinski definition) is 3. The molecule has 3 aliphatic heterocycles. The first-order valence-electron chi connectivity index (χ1n) is 24.1. The third kappa shape index (κ3) is 10.4. The zero-order chi connectivity index (χ0) is 47.5. The Labute approximate surface area is 398 Å². The van der Waals surface area contributed by atoms with E-state index in [-0.39, 0.29) is 80.7 Å². The molecule has 364 valence electrons. The molecular weight excluding hydrogens is 894 g/mol. The smallest absolute Gasteiger partial charge is 0.270 e. The Balaban J connectivity index is 0.817. The maximum absolute atomic E-state index is 14.6. The fraction of sp³-hybridized carbons (Fsp3) is 0.551. The molecule has 0 unspecified atom stereocenters. The molecule has 5 aromatic rings. The van der Waals surface area contributed by atoms with Crippen LogP contribution in [0.3, 0.4) is 0 Å². The van der Waals surface area contributed by atoms with Crippen LogP contribution in [-0.4, -0.2) is 152 Å². The molecule has 9 rings (SSSR count). The van der Waals surface area contributed by atoms with Crippen molar-refractivity contribution in [3.05, 3.63) is 71.3 Å². The zero-order valence-electron chi connectivity index (χ0n) is 39.0. The van der Waals surface area contributed by atoms with E-state index in [0.29, 0.717) is 35.5 Å². The van der Waals surface area contributed by atoms with Crippen molar-refractivity contribution in [1.29, 1.82) is 0 Å². The molecule has 4 fully saturated rings. The minimum absolute atomic E-state index is 0.0360. The molecule has 1 saturated carbocycles. The molecule has 4 amide bonds. The number of piperidine rings is 1. The number of nitrogens with zero attached hydrogens (tertiary/aromatic N) is 7. The van der Waals surface area contributed by atoms with Gasteiger partial charge in [0.1, 0.15) is 42.1 Å². The van der Waals surface area contributed by atoms with Crippen LogP contribution in [0.5, 0.6) is 11.6 Å². The van der Waals surface area contributed by atoms with Crippen LogP contribution in [-0.2, 0) is 27.5 Å². The van der Waals surface area contributed by atoms with Crippen LogP contribution in [0.15, 0.2) is 58.6 Å². The Bertz CT molecular complexity index is 2590. The minimum atomic E-state index is -0.652. The number of amides is 4. The summed E-state index contributed by atoms with van der Waals surface area (Å²) in [4.78, 5) is 67.7. The standard InChI is InChI=1S/C49H62FN9O8S/c1-30-25-56(49(64)45(32-7-5-4-6-8-32)53-47(62)31(2)51-3)18-19-57(30)48(63)41-22-33-21-34(50)9-10-40(33)59(41)28-44(61)58-27-37(23-35(58)29-60)66-43-24-38(67-54-43)26-55-16-12-36(13-17-55)65-42-11-15-52-39-14-20-68-46(39)42/h9-11,14-15,20-22,24,30-32,35-37,45,51,60H,4-8,12-13,16-19,23,25-29H2,1-3H3,(H,53,62)/t30-,31-,35-,37-,45-/m0/s1. The number of likely N-dealkylation sites (tertiary alicyclic amines) is 2. The van der Waals surface area contributed by atoms with Gasteiger partial charge in [-0.2, -0.15) is 0 Å². The third-order valence-corrected chi connectivity index (χ3v) is 15.3. The van der Waals surface area contributed by atoms with Crippen LogP contribution in [0.1, 0.15) is 81.5 Å². The van der Waals surface area contributed by atoms with Crippen molar-refractivity contribution in [1.82, 2.24) is 44.9 Å². The molecule has 0 spiro atoms. The maximum atomic E-state index is 14.6. The van der Waals surface area contributed by atoms with Gasteiger partial charge < -0.3 is 49.0 Å². The van der Waals surface area contributed by atoms with Gasteiger partial charge >= 0.3 is 0 Å². The van der Waals surface area contributed by atoms with Crippen molar-refractivity contribution >= 4 is 56.1 Å². The lowest BCUT2D eigenvalue weighted by molar-refractivity contribution is -0.140. The van der Waals surface area contributed by atoms with Crippen molar-refractivity contribution < 1.29 is 42.7 Å². The molecule has 68 heavy (non-hydrogen) atoms. The number of carbonyl (C=O) groups is 4. The van der Waals surface area contributed by atoms with Gasteiger partial charge in [-0.3, -0.25) is 29.1 Å². The van der Waals surface area contributed by atoms with E-state index in [2.05, 4.69) is 25.7 Å². The summed E-state index contributed by atoms with van der Waals surface area (Å²) in [6, 6.07) is 9.46. The van der Waals surface area contributed by atoms with E-state index >= 15 is 0 Å². The second kappa shape index (κ2) is 20.9. The maximum Gasteiger partial charge on any atom is 0.270 e. The number of aliphatic hydroxyl groups excluding tert-OH is 1. The van der Waals surface area contributed by atoms with Crippen LogP contribution in [0.4, 0.5) is 4.39 Å². The number of carbonyl (C=O) groups excluding carboxylic acids is 4. The molecule has 3 saturated heterocycles. The first-order chi connectivity index (χ1) is 33.0. The molecule has 0 bridgehead atoms. The Morgan fingerprint density at radius 3 is 2.53 bits per heavy atom. The van der Waals surface area contributed by atoms with Crippen LogP contribution < -0.4 is 20.1 Å². The minimum Gasteiger partial charge on any atom is -0.489 e. The third-order valence-electron chi connectivity index (χ3n) is 14.3. The van der Waals surface area contributed by atoms with Crippen LogP contribution in [0.25, 0.3) is 21.1 Å². The fourth-order valence-corrected chi connectivity index (χ4v) is 11.2. The lowest BCUT2D eigenvalue weighted by atomic mass is 9.83. The molecule has 19 heteroatoms. The van der Waals surface area contributed by atoms with Gasteiger partial charge in [0, 0.05) is 68.4 Å². The second-order valence-electron chi connectivity index (χ2n) is 18.9. The molecule has 1 aromatic carbocycles. The van der Waals surface area contributed by atoms with E-state index in [1.807, 2.05) is 24.4 Å². The Morgan fingerprint density at radius 2 is 1.76 bits per heavy atom. The van der Waals surface area contributed by atoms with Gasteiger partial charge in [0.2, 0.25) is 17.7 Å². The number of piperazine rings is 1. The molecule has 3 N–H and O–H groups in total. The number of halogens is 1. The van der Waals surface area contributed by atoms with Crippen molar-refractivity contribution in [3.63, 3.8) is 0 Å². The lowest BCUT2D eigenvalue weighted by Gasteiger charge is -2.42. The highest BCUT2D eigenvalue weighted by atomic mass is 32.1. The number of aliphatic hydroxyl groups is 1. The van der Waals surface area contributed by atoms with E-state index in [4.69, 9.17) is 14.0 Å². The van der Waals surface area contributed by atoms with E-state index in [0.717, 1.165) is 74.0 Å². The van der Waals surface area contributed by atoms with E-state index in [1.54, 1.807) is 69.0 Å². The van der Waals surface area contributed by atoms with Crippen LogP contribution in [0.2, 0.25) is 0 Å². The predicted octanol–water partition coefficient (Wildman–Crippen LogP) is 4.81. The molecule has 7 heterocycles. The Kier molecular flexibility index (Phi) is 14.6. The van der Waals surface area contributed by atoms with Crippen molar-refractivity contribution in [2.45, 2.75) is 115 Å². The molecular formula is C49H62FN9O8S. The van der Waals surface area contributed by atoms with Gasteiger partial charge in [0.25, 0.3) is 11.8 Å². The number of fused-ring (bicyclic) bond motifs is 2. The predicted molar refractivity (Wildman–Crippen MR) is 253 cm³/mol. The van der Waals surface area contributed by atoms with Crippen molar-refractivity contribution in [3.8, 4) is 11.6 Å². The molecule has 0 radical (unpaired) electrons. The van der Waals surface area contributed by atoms with E-state index in [1.165, 1.54) is 12.1 Å². The van der Waals surface area contributed by atoms with Crippen molar-refractivity contribution in [2.24, 2.45) is 5.92 Å². The van der Waals surface area contributed by atoms with Gasteiger partial charge in [0.15, 0.2) is 5.76 Å². The summed E-state index contributed by atoms with van der Waals surface area (Å²) in [5.41, 5.74) is 1.67. The van der Waals surface area contributed by atoms with E-state index in [9.17, 15) is 28.7 Å². The average molecular weight is 956 g/mol. The topological polar surface area (TPSA) is 188 Å². The van der Waals surface area contributed by atoms with Crippen LogP contribution in [0, 0.1) is 11.7 Å². The highest BCUT2D eigenvalue weighted by molar-refractivity contribution is 7.17. The largest absolute Gasteiger partial charge is 0.489 e. The monoisotopic (exact) mass is 955 g/mol. The molecule has 4 aromatic heterocycles. The summed E-state index contributed by atoms with van der Waals surface area (Å²) in [5, 5.41) is 23.1. The number of hydrogen-bond acceptors (Lipinski definition) is 13. The summed E-state index contributed by atoms with van der Waals surface area (Å²) >= 11 is 1.63. The number of rotatable bonds is 15. The Hall–Kier alpha value is -5.63. The first-order valence-corrected chi connectivity index (χ1v) is 24.9. The number of ether oxygens (including phenoxy) is 2. The summed E-state index contributed by atoms with van der Waals surface area (Å²) in [5.74, 6) is 0.334. The number of aromatic nitrogens is 3. The van der Waals surface area contributed by atoms with Crippen LogP contribution >= 0.6 is 11.3 Å². The first kappa shape index (κ1) is 47.4. The quantitative estimate of drug-likeness (QED) is 0.130. The zero-order valence-corrected chi connectivity index (χ0v) is 39.8. The van der Waals surface area contributed by atoms with Gasteiger partial charge in [-0.1, -0.05) is 19.3 Å². The number of likely N-dealkylation sites (N-methyl/N-ethyl adjacent to an activating group) is 1. The normalized spacial score (nSPS) is 21.9. The highest BCUT2D eigenvalue weighted by Crippen LogP contribution is 2.33. The molecule has 5 atom stereocenters. The van der Waals surface area contributed by atoms with Gasteiger partial charge in [-0.15, -0.1) is 11.3 Å². The Morgan fingerprint density at radius 1 is 0.956 bits per heavy atom. The number of nitrogens with one attached hydrogen (secondary N) is 2. The summed E-state index contributed by atoms with van der Waals surface area (Å²) in [6.07, 6.45) is 8.35. The van der Waals surface area contributed by atoms with E-state index < -0.39 is 36.1 Å². The summed E-state index contributed by atoms with van der Waals surface area (Å²) < 4.78 is 35.6. The lowest BCUT2D eigenvalue weighted by Crippen LogP contribution is -2.61. The number of pyridine rings is 1. The summed E-state index contributed by atoms with van der Waals surface area (Å²) in [6.45, 7) is 6.26. The fourth-order valence-electron chi connectivity index (χ4n) is 10.4. The number of thiophene rings is 1. The average Bonchev–Trinajstić information content (AvgIpc) is 4.18. The molecule has 17 nitrogen and oxygen atoms in total. The summed E-state index contributed by atoms with van der Waals surface area (Å²) in [7, 11) is 1.71. The number of benzene rings is 1. The molecule has 4 aliphatic rings. The highest BCUT2D eigenvalue weighted by Gasteiger charge is 2.40. The van der Waals surface area contributed by atoms with Gasteiger partial charge in [-0.05, 0) is 99.4 Å².